The van der Waals surface area contributed by atoms with Gasteiger partial charge in [0.15, 0.2) is 6.10 Å². The second kappa shape index (κ2) is 7.73. The third kappa shape index (κ3) is 4.04. The lowest BCUT2D eigenvalue weighted by Crippen LogP contribution is -2.38. The first-order valence-corrected chi connectivity index (χ1v) is 9.19. The number of carbonyl (C=O) groups is 1. The summed E-state index contributed by atoms with van der Waals surface area (Å²) in [7, 11) is 0. The van der Waals surface area contributed by atoms with E-state index in [0.717, 1.165) is 24.2 Å². The van der Waals surface area contributed by atoms with Crippen LogP contribution < -0.4 is 10.1 Å². The number of carbonyl (C=O) groups excluding carboxylic acids is 1. The van der Waals surface area contributed by atoms with Gasteiger partial charge in [0.2, 0.25) is 0 Å². The minimum absolute atomic E-state index is 0.0376. The molecule has 25 heavy (non-hydrogen) atoms. The Morgan fingerprint density at radius 1 is 1.04 bits per heavy atom. The molecule has 0 unspecified atom stereocenters. The van der Waals surface area contributed by atoms with Crippen molar-refractivity contribution < 1.29 is 9.53 Å². The van der Waals surface area contributed by atoms with Crippen molar-refractivity contribution in [3.8, 4) is 5.75 Å². The van der Waals surface area contributed by atoms with Crippen molar-refractivity contribution in [2.75, 3.05) is 0 Å². The van der Waals surface area contributed by atoms with Crippen LogP contribution >= 0.6 is 0 Å². The van der Waals surface area contributed by atoms with E-state index in [-0.39, 0.29) is 11.9 Å². The third-order valence-corrected chi connectivity index (χ3v) is 5.04. The van der Waals surface area contributed by atoms with E-state index < -0.39 is 6.10 Å². The Labute approximate surface area is 150 Å². The monoisotopic (exact) mass is 337 g/mol. The van der Waals surface area contributed by atoms with E-state index >= 15 is 0 Å². The van der Waals surface area contributed by atoms with Crippen LogP contribution in [0.3, 0.4) is 0 Å². The Kier molecular flexibility index (Phi) is 5.42. The molecule has 3 rings (SSSR count). The summed E-state index contributed by atoms with van der Waals surface area (Å²) in [6.45, 7) is 5.90. The highest BCUT2D eigenvalue weighted by atomic mass is 16.5. The zero-order valence-corrected chi connectivity index (χ0v) is 15.3. The molecule has 0 fully saturated rings. The highest BCUT2D eigenvalue weighted by Crippen LogP contribution is 2.30. The van der Waals surface area contributed by atoms with Gasteiger partial charge in [0, 0.05) is 0 Å². The largest absolute Gasteiger partial charge is 0.481 e. The van der Waals surface area contributed by atoms with E-state index in [2.05, 4.69) is 30.4 Å². The lowest BCUT2D eigenvalue weighted by Gasteiger charge is -2.23. The van der Waals surface area contributed by atoms with Gasteiger partial charge in [-0.25, -0.2) is 0 Å². The van der Waals surface area contributed by atoms with Crippen molar-refractivity contribution in [2.45, 2.75) is 58.6 Å². The van der Waals surface area contributed by atoms with E-state index in [1.54, 1.807) is 0 Å². The zero-order chi connectivity index (χ0) is 17.8. The molecule has 0 spiro atoms. The Hall–Kier alpha value is -2.29. The minimum Gasteiger partial charge on any atom is -0.481 e. The van der Waals surface area contributed by atoms with E-state index in [1.807, 2.05) is 38.1 Å². The highest BCUT2D eigenvalue weighted by Gasteiger charge is 2.21. The summed E-state index contributed by atoms with van der Waals surface area (Å²) in [5.41, 5.74) is 4.96. The fourth-order valence-corrected chi connectivity index (χ4v) is 3.58. The molecule has 1 aliphatic rings. The summed E-state index contributed by atoms with van der Waals surface area (Å²) < 4.78 is 6.03. The topological polar surface area (TPSA) is 38.3 Å². The summed E-state index contributed by atoms with van der Waals surface area (Å²) in [6, 6.07) is 14.3. The molecule has 0 bridgehead atoms. The maximum absolute atomic E-state index is 12.6. The van der Waals surface area contributed by atoms with E-state index in [4.69, 9.17) is 4.74 Å². The second-order valence-corrected chi connectivity index (χ2v) is 6.95. The lowest BCUT2D eigenvalue weighted by molar-refractivity contribution is -0.127. The Morgan fingerprint density at radius 3 is 2.60 bits per heavy atom. The van der Waals surface area contributed by atoms with Crippen molar-refractivity contribution in [1.82, 2.24) is 5.32 Å². The minimum atomic E-state index is -0.514. The van der Waals surface area contributed by atoms with Crippen LogP contribution in [0.5, 0.6) is 5.75 Å². The van der Waals surface area contributed by atoms with Crippen molar-refractivity contribution in [1.29, 1.82) is 0 Å². The summed E-state index contributed by atoms with van der Waals surface area (Å²) in [5, 5.41) is 3.07. The highest BCUT2D eigenvalue weighted by molar-refractivity contribution is 5.81. The fraction of sp³-hybridized carbons (Fsp3) is 0.409. The Balaban J connectivity index is 1.66. The molecule has 0 saturated carbocycles. The van der Waals surface area contributed by atoms with Crippen LogP contribution in [0.25, 0.3) is 0 Å². The number of benzene rings is 2. The molecule has 1 aliphatic carbocycles. The van der Waals surface area contributed by atoms with Crippen LogP contribution in [-0.2, 0) is 17.6 Å². The number of hydrogen-bond donors (Lipinski definition) is 1. The zero-order valence-electron chi connectivity index (χ0n) is 15.3. The van der Waals surface area contributed by atoms with E-state index in [9.17, 15) is 4.79 Å². The molecule has 2 aromatic rings. The summed E-state index contributed by atoms with van der Waals surface area (Å²) in [6.07, 6.45) is 4.06. The molecule has 2 aromatic carbocycles. The quantitative estimate of drug-likeness (QED) is 0.871. The number of ether oxygens (including phenoxy) is 1. The van der Waals surface area contributed by atoms with Crippen LogP contribution in [0.1, 0.15) is 55.0 Å². The predicted molar refractivity (Wildman–Crippen MR) is 101 cm³/mol. The van der Waals surface area contributed by atoms with Crippen molar-refractivity contribution in [2.24, 2.45) is 0 Å². The SMILES string of the molecule is Cc1ccccc1[C@H](C)NC(=O)[C@H](C)Oc1cccc2c1CCCC2. The third-order valence-electron chi connectivity index (χ3n) is 5.04. The molecular weight excluding hydrogens is 310 g/mol. The molecular formula is C22H27NO2. The summed E-state index contributed by atoms with van der Waals surface area (Å²) in [4.78, 5) is 12.6. The average Bonchev–Trinajstić information content (AvgIpc) is 2.62. The average molecular weight is 337 g/mol. The van der Waals surface area contributed by atoms with Crippen LogP contribution in [-0.4, -0.2) is 12.0 Å². The van der Waals surface area contributed by atoms with Gasteiger partial charge in [-0.1, -0.05) is 36.4 Å². The summed E-state index contributed by atoms with van der Waals surface area (Å²) in [5.74, 6) is 0.785. The van der Waals surface area contributed by atoms with Crippen LogP contribution in [0.15, 0.2) is 42.5 Å². The van der Waals surface area contributed by atoms with Gasteiger partial charge < -0.3 is 10.1 Å². The number of rotatable bonds is 5. The van der Waals surface area contributed by atoms with E-state index in [1.165, 1.54) is 29.5 Å². The van der Waals surface area contributed by atoms with Gasteiger partial charge in [-0.3, -0.25) is 4.79 Å². The van der Waals surface area contributed by atoms with Crippen molar-refractivity contribution >= 4 is 5.91 Å². The summed E-state index contributed by atoms with van der Waals surface area (Å²) >= 11 is 0. The van der Waals surface area contributed by atoms with Crippen LogP contribution in [0.2, 0.25) is 0 Å². The molecule has 132 valence electrons. The van der Waals surface area contributed by atoms with Gasteiger partial charge in [-0.15, -0.1) is 0 Å². The number of nitrogens with one attached hydrogen (secondary N) is 1. The Bertz CT molecular complexity index is 753. The van der Waals surface area contributed by atoms with Gasteiger partial charge in [0.1, 0.15) is 5.75 Å². The molecule has 0 saturated heterocycles. The van der Waals surface area contributed by atoms with Gasteiger partial charge in [0.05, 0.1) is 6.04 Å². The van der Waals surface area contributed by atoms with Gasteiger partial charge in [-0.2, -0.15) is 0 Å². The molecule has 2 atom stereocenters. The molecule has 0 heterocycles. The van der Waals surface area contributed by atoms with Gasteiger partial charge in [-0.05, 0) is 74.8 Å². The van der Waals surface area contributed by atoms with E-state index in [0.29, 0.717) is 0 Å². The molecule has 1 N–H and O–H groups in total. The first-order valence-electron chi connectivity index (χ1n) is 9.19. The molecule has 3 heteroatoms. The molecule has 0 aromatic heterocycles. The lowest BCUT2D eigenvalue weighted by atomic mass is 9.91. The smallest absolute Gasteiger partial charge is 0.261 e. The number of fused-ring (bicyclic) bond motifs is 1. The number of hydrogen-bond acceptors (Lipinski definition) is 2. The number of aryl methyl sites for hydroxylation is 2. The van der Waals surface area contributed by atoms with Gasteiger partial charge in [0.25, 0.3) is 5.91 Å². The molecule has 3 nitrogen and oxygen atoms in total. The maximum atomic E-state index is 12.6. The first kappa shape index (κ1) is 17.5. The standard InChI is InChI=1S/C22H27NO2/c1-15-9-4-6-12-19(15)16(2)23-22(24)17(3)25-21-14-8-11-18-10-5-7-13-20(18)21/h4,6,8-9,11-12,14,16-17H,5,7,10,13H2,1-3H3,(H,23,24)/t16-,17-/m0/s1. The van der Waals surface area contributed by atoms with Gasteiger partial charge >= 0.3 is 0 Å². The molecule has 0 radical (unpaired) electrons. The fourth-order valence-electron chi connectivity index (χ4n) is 3.58. The normalized spacial score (nSPS) is 15.8. The van der Waals surface area contributed by atoms with Crippen LogP contribution in [0.4, 0.5) is 0 Å². The first-order chi connectivity index (χ1) is 12.1. The van der Waals surface area contributed by atoms with Crippen molar-refractivity contribution in [3.63, 3.8) is 0 Å². The van der Waals surface area contributed by atoms with Crippen molar-refractivity contribution in [3.05, 3.63) is 64.7 Å². The predicted octanol–water partition coefficient (Wildman–Crippen LogP) is 4.52. The molecule has 1 amide bonds. The maximum Gasteiger partial charge on any atom is 0.261 e. The molecule has 0 aliphatic heterocycles. The van der Waals surface area contributed by atoms with Crippen LogP contribution in [0, 0.1) is 6.92 Å². The number of amides is 1. The second-order valence-electron chi connectivity index (χ2n) is 6.95. The Morgan fingerprint density at radius 2 is 1.80 bits per heavy atom.